The van der Waals surface area contributed by atoms with Crippen molar-refractivity contribution in [3.05, 3.63) is 70.8 Å². The van der Waals surface area contributed by atoms with Crippen molar-refractivity contribution in [2.75, 3.05) is 13.1 Å². The number of nitrogens with zero attached hydrogens (tertiary/aromatic N) is 3. The van der Waals surface area contributed by atoms with Gasteiger partial charge in [0, 0.05) is 19.6 Å². The third kappa shape index (κ3) is 4.71. The number of sulfonamides is 1. The molecule has 0 N–H and O–H groups in total. The van der Waals surface area contributed by atoms with E-state index in [0.29, 0.717) is 30.7 Å². The lowest BCUT2D eigenvalue weighted by molar-refractivity contribution is -0.122. The molecule has 2 heterocycles. The molecule has 6 nitrogen and oxygen atoms in total. The summed E-state index contributed by atoms with van der Waals surface area (Å²) >= 11 is 1.46. The number of benzene rings is 2. The molecule has 174 valence electrons. The van der Waals surface area contributed by atoms with Crippen LogP contribution in [0.1, 0.15) is 24.0 Å². The number of fused-ring (bicyclic) bond motifs is 1. The van der Waals surface area contributed by atoms with E-state index in [0.717, 1.165) is 33.5 Å². The Kier molecular flexibility index (Phi) is 6.65. The average molecular weight is 488 g/mol. The van der Waals surface area contributed by atoms with Gasteiger partial charge in [-0.15, -0.1) is 6.58 Å². The Morgan fingerprint density at radius 1 is 1.27 bits per heavy atom. The van der Waals surface area contributed by atoms with E-state index in [9.17, 15) is 17.6 Å². The zero-order valence-electron chi connectivity index (χ0n) is 18.6. The Balaban J connectivity index is 1.65. The monoisotopic (exact) mass is 487 g/mol. The second-order valence-corrected chi connectivity index (χ2v) is 11.2. The second kappa shape index (κ2) is 9.32. The Labute approximate surface area is 196 Å². The SMILES string of the molecule is C=CCn1c(=NC(=O)C2CCCN(S(=O)(=O)c3ccc(F)cc3)C2)sc2c(C)cc(C)cc21. The molecule has 0 bridgehead atoms. The van der Waals surface area contributed by atoms with Crippen LogP contribution >= 0.6 is 11.3 Å². The number of aromatic nitrogens is 1. The summed E-state index contributed by atoms with van der Waals surface area (Å²) in [6, 6.07) is 8.92. The number of thiazole rings is 1. The summed E-state index contributed by atoms with van der Waals surface area (Å²) in [5, 5.41) is 0. The molecular weight excluding hydrogens is 461 g/mol. The van der Waals surface area contributed by atoms with Gasteiger partial charge in [-0.3, -0.25) is 4.79 Å². The van der Waals surface area contributed by atoms with E-state index in [2.05, 4.69) is 23.7 Å². The van der Waals surface area contributed by atoms with Crippen molar-refractivity contribution in [1.29, 1.82) is 0 Å². The van der Waals surface area contributed by atoms with Crippen molar-refractivity contribution in [3.63, 3.8) is 0 Å². The van der Waals surface area contributed by atoms with Crippen LogP contribution in [-0.2, 0) is 21.4 Å². The third-order valence-electron chi connectivity index (χ3n) is 5.82. The molecular formula is C24H26FN3O3S2. The maximum absolute atomic E-state index is 13.2. The van der Waals surface area contributed by atoms with Crippen LogP contribution in [0.15, 0.2) is 58.9 Å². The van der Waals surface area contributed by atoms with E-state index >= 15 is 0 Å². The van der Waals surface area contributed by atoms with Gasteiger partial charge in [0.25, 0.3) is 5.91 Å². The zero-order chi connectivity index (χ0) is 23.8. The zero-order valence-corrected chi connectivity index (χ0v) is 20.3. The van der Waals surface area contributed by atoms with Crippen LogP contribution in [0.2, 0.25) is 0 Å². The Morgan fingerprint density at radius 2 is 2.00 bits per heavy atom. The van der Waals surface area contributed by atoms with Crippen LogP contribution in [0.3, 0.4) is 0 Å². The van der Waals surface area contributed by atoms with Crippen molar-refractivity contribution < 1.29 is 17.6 Å². The average Bonchev–Trinajstić information content (AvgIpc) is 3.12. The molecule has 2 aromatic carbocycles. The fourth-order valence-electron chi connectivity index (χ4n) is 4.21. The highest BCUT2D eigenvalue weighted by Crippen LogP contribution is 2.26. The normalized spacial score (nSPS) is 18.0. The molecule has 1 amide bonds. The summed E-state index contributed by atoms with van der Waals surface area (Å²) in [7, 11) is -3.81. The maximum atomic E-state index is 13.2. The number of hydrogen-bond donors (Lipinski definition) is 0. The molecule has 1 aromatic heterocycles. The minimum atomic E-state index is -3.81. The van der Waals surface area contributed by atoms with Crippen LogP contribution in [0.5, 0.6) is 0 Å². The van der Waals surface area contributed by atoms with Crippen LogP contribution in [0.25, 0.3) is 10.2 Å². The number of amides is 1. The number of rotatable bonds is 5. The van der Waals surface area contributed by atoms with Gasteiger partial charge in [-0.05, 0) is 68.1 Å². The van der Waals surface area contributed by atoms with Crippen LogP contribution in [0, 0.1) is 25.6 Å². The van der Waals surface area contributed by atoms with Gasteiger partial charge >= 0.3 is 0 Å². The molecule has 1 saturated heterocycles. The fraction of sp³-hybridized carbons (Fsp3) is 0.333. The van der Waals surface area contributed by atoms with E-state index < -0.39 is 21.8 Å². The molecule has 4 rings (SSSR count). The van der Waals surface area contributed by atoms with Gasteiger partial charge in [0.2, 0.25) is 10.0 Å². The molecule has 3 aromatic rings. The van der Waals surface area contributed by atoms with Crippen molar-refractivity contribution in [1.82, 2.24) is 8.87 Å². The lowest BCUT2D eigenvalue weighted by Gasteiger charge is -2.30. The van der Waals surface area contributed by atoms with Gasteiger partial charge in [0.15, 0.2) is 4.80 Å². The lowest BCUT2D eigenvalue weighted by atomic mass is 9.99. The van der Waals surface area contributed by atoms with Crippen LogP contribution in [-0.4, -0.2) is 36.3 Å². The first-order chi connectivity index (χ1) is 15.7. The van der Waals surface area contributed by atoms with Gasteiger partial charge in [-0.1, -0.05) is 23.5 Å². The largest absolute Gasteiger partial charge is 0.312 e. The van der Waals surface area contributed by atoms with Gasteiger partial charge in [-0.2, -0.15) is 9.30 Å². The van der Waals surface area contributed by atoms with Crippen molar-refractivity contribution in [3.8, 4) is 0 Å². The van der Waals surface area contributed by atoms with Gasteiger partial charge in [0.1, 0.15) is 5.82 Å². The summed E-state index contributed by atoms with van der Waals surface area (Å²) in [4.78, 5) is 18.2. The lowest BCUT2D eigenvalue weighted by Crippen LogP contribution is -2.42. The number of halogens is 1. The third-order valence-corrected chi connectivity index (χ3v) is 8.93. The fourth-order valence-corrected chi connectivity index (χ4v) is 6.83. The standard InChI is InChI=1S/C24H26FN3O3S2/c1-4-11-28-21-14-16(2)13-17(3)22(21)32-24(28)26-23(29)18-6-5-12-27(15-18)33(30,31)20-9-7-19(25)8-10-20/h4,7-10,13-14,18H,1,5-6,11-12,15H2,2-3H3. The summed E-state index contributed by atoms with van der Waals surface area (Å²) in [6.07, 6.45) is 2.90. The van der Waals surface area contributed by atoms with Crippen molar-refractivity contribution in [2.45, 2.75) is 38.1 Å². The number of allylic oxidation sites excluding steroid dienone is 1. The highest BCUT2D eigenvalue weighted by molar-refractivity contribution is 7.89. The van der Waals surface area contributed by atoms with Gasteiger partial charge in [0.05, 0.1) is 21.0 Å². The van der Waals surface area contributed by atoms with Crippen LogP contribution < -0.4 is 4.80 Å². The predicted molar refractivity (Wildman–Crippen MR) is 128 cm³/mol. The summed E-state index contributed by atoms with van der Waals surface area (Å²) in [6.45, 7) is 8.80. The molecule has 0 spiro atoms. The molecule has 33 heavy (non-hydrogen) atoms. The quantitative estimate of drug-likeness (QED) is 0.507. The molecule has 1 atom stereocenters. The Hall–Kier alpha value is -2.62. The number of aryl methyl sites for hydroxylation is 2. The minimum absolute atomic E-state index is 0.0214. The minimum Gasteiger partial charge on any atom is -0.312 e. The highest BCUT2D eigenvalue weighted by Gasteiger charge is 2.33. The van der Waals surface area contributed by atoms with E-state index in [4.69, 9.17) is 0 Å². The van der Waals surface area contributed by atoms with E-state index in [-0.39, 0.29) is 17.3 Å². The first-order valence-electron chi connectivity index (χ1n) is 10.8. The number of hydrogen-bond acceptors (Lipinski definition) is 4. The Morgan fingerprint density at radius 3 is 2.70 bits per heavy atom. The molecule has 0 aliphatic carbocycles. The van der Waals surface area contributed by atoms with Gasteiger partial charge < -0.3 is 4.57 Å². The van der Waals surface area contributed by atoms with E-state index in [1.54, 1.807) is 6.08 Å². The summed E-state index contributed by atoms with van der Waals surface area (Å²) < 4.78 is 43.6. The van der Waals surface area contributed by atoms with Crippen molar-refractivity contribution in [2.24, 2.45) is 10.9 Å². The molecule has 0 saturated carbocycles. The van der Waals surface area contributed by atoms with E-state index in [1.807, 2.05) is 18.4 Å². The van der Waals surface area contributed by atoms with Crippen molar-refractivity contribution >= 4 is 37.5 Å². The molecule has 1 fully saturated rings. The molecule has 1 unspecified atom stereocenters. The molecule has 1 aliphatic heterocycles. The van der Waals surface area contributed by atoms with Gasteiger partial charge in [-0.25, -0.2) is 12.8 Å². The summed E-state index contributed by atoms with van der Waals surface area (Å²) in [5.74, 6) is -1.35. The Bertz CT molecular complexity index is 1390. The second-order valence-electron chi connectivity index (χ2n) is 8.32. The molecule has 0 radical (unpaired) electrons. The first-order valence-corrected chi connectivity index (χ1v) is 13.0. The molecule has 1 aliphatic rings. The first kappa shape index (κ1) is 23.5. The predicted octanol–water partition coefficient (Wildman–Crippen LogP) is 4.17. The summed E-state index contributed by atoms with van der Waals surface area (Å²) in [5.41, 5.74) is 3.26. The number of carbonyl (C=O) groups is 1. The van der Waals surface area contributed by atoms with E-state index in [1.165, 1.54) is 27.8 Å². The van der Waals surface area contributed by atoms with Crippen LogP contribution in [0.4, 0.5) is 4.39 Å². The topological polar surface area (TPSA) is 71.7 Å². The molecule has 9 heteroatoms. The number of carbonyl (C=O) groups excluding carboxylic acids is 1. The number of piperidine rings is 1. The maximum Gasteiger partial charge on any atom is 0.252 e. The smallest absolute Gasteiger partial charge is 0.252 e. The highest BCUT2D eigenvalue weighted by atomic mass is 32.2.